The first kappa shape index (κ1) is 23.1. The van der Waals surface area contributed by atoms with E-state index in [-0.39, 0.29) is 25.0 Å². The lowest BCUT2D eigenvalue weighted by Gasteiger charge is -2.17. The molecule has 0 radical (unpaired) electrons. The minimum Gasteiger partial charge on any atom is -0.481 e. The molecular formula is C22H32O5. The van der Waals surface area contributed by atoms with Crippen LogP contribution < -0.4 is 0 Å². The molecule has 0 heterocycles. The maximum Gasteiger partial charge on any atom is 0.303 e. The van der Waals surface area contributed by atoms with Crippen molar-refractivity contribution in [1.29, 1.82) is 0 Å². The Kier molecular flexibility index (Phi) is 11.3. The Bertz CT molecular complexity index is 573. The molecule has 150 valence electrons. The molecule has 1 fully saturated rings. The van der Waals surface area contributed by atoms with Crippen LogP contribution in [0.1, 0.15) is 51.9 Å². The van der Waals surface area contributed by atoms with E-state index in [0.717, 1.165) is 19.3 Å². The topological polar surface area (TPSA) is 94.8 Å². The molecule has 0 bridgehead atoms. The zero-order valence-corrected chi connectivity index (χ0v) is 16.0. The fourth-order valence-corrected chi connectivity index (χ4v) is 3.15. The summed E-state index contributed by atoms with van der Waals surface area (Å²) in [5.41, 5.74) is 0. The fourth-order valence-electron chi connectivity index (χ4n) is 3.15. The molecule has 5 nitrogen and oxygen atoms in total. The summed E-state index contributed by atoms with van der Waals surface area (Å²) >= 11 is 0. The van der Waals surface area contributed by atoms with Crippen molar-refractivity contribution < 1.29 is 24.9 Å². The third kappa shape index (κ3) is 9.50. The molecular weight excluding hydrogens is 344 g/mol. The maximum atomic E-state index is 11.9. The minimum atomic E-state index is -0.951. The van der Waals surface area contributed by atoms with Crippen LogP contribution in [0.25, 0.3) is 0 Å². The van der Waals surface area contributed by atoms with Crippen molar-refractivity contribution in [2.45, 2.75) is 64.1 Å². The molecule has 5 heteroatoms. The molecule has 0 unspecified atom stereocenters. The Labute approximate surface area is 161 Å². The van der Waals surface area contributed by atoms with E-state index in [4.69, 9.17) is 5.11 Å². The number of aliphatic hydroxyl groups is 2. The van der Waals surface area contributed by atoms with Crippen LogP contribution in [0.3, 0.4) is 0 Å². The Balaban J connectivity index is 2.40. The van der Waals surface area contributed by atoms with E-state index in [0.29, 0.717) is 6.42 Å². The number of hydrogen-bond acceptors (Lipinski definition) is 4. The smallest absolute Gasteiger partial charge is 0.303 e. The predicted molar refractivity (Wildman–Crippen MR) is 106 cm³/mol. The van der Waals surface area contributed by atoms with Crippen molar-refractivity contribution in [2.24, 2.45) is 11.8 Å². The van der Waals surface area contributed by atoms with Crippen LogP contribution in [0.4, 0.5) is 0 Å². The molecule has 0 saturated heterocycles. The van der Waals surface area contributed by atoms with Crippen molar-refractivity contribution in [3.05, 3.63) is 48.6 Å². The summed E-state index contributed by atoms with van der Waals surface area (Å²) < 4.78 is 0. The van der Waals surface area contributed by atoms with Crippen LogP contribution in [-0.4, -0.2) is 39.3 Å². The lowest BCUT2D eigenvalue weighted by Crippen LogP contribution is -2.20. The molecule has 1 rings (SSSR count). The van der Waals surface area contributed by atoms with E-state index in [9.17, 15) is 19.8 Å². The Morgan fingerprint density at radius 3 is 2.41 bits per heavy atom. The van der Waals surface area contributed by atoms with Gasteiger partial charge >= 0.3 is 5.97 Å². The van der Waals surface area contributed by atoms with Crippen LogP contribution >= 0.6 is 0 Å². The first-order chi connectivity index (χ1) is 13.0. The second-order valence-electron chi connectivity index (χ2n) is 6.84. The summed E-state index contributed by atoms with van der Waals surface area (Å²) in [5.74, 6) is -1.96. The van der Waals surface area contributed by atoms with Gasteiger partial charge in [0, 0.05) is 24.7 Å². The highest BCUT2D eigenvalue weighted by Crippen LogP contribution is 2.33. The molecule has 3 N–H and O–H groups in total. The van der Waals surface area contributed by atoms with Gasteiger partial charge in [0.15, 0.2) is 0 Å². The number of carbonyl (C=O) groups is 2. The molecule has 1 aliphatic carbocycles. The third-order valence-corrected chi connectivity index (χ3v) is 4.62. The highest BCUT2D eigenvalue weighted by Gasteiger charge is 2.39. The number of ketones is 1. The van der Waals surface area contributed by atoms with E-state index < -0.39 is 30.0 Å². The fraction of sp³-hybridized carbons (Fsp3) is 0.545. The Morgan fingerprint density at radius 2 is 1.78 bits per heavy atom. The van der Waals surface area contributed by atoms with E-state index in [1.54, 1.807) is 12.2 Å². The largest absolute Gasteiger partial charge is 0.481 e. The number of aliphatic carboxylic acids is 1. The number of carboxylic acid groups (broad SMARTS) is 1. The summed E-state index contributed by atoms with van der Waals surface area (Å²) in [6.45, 7) is 2.10. The first-order valence-electron chi connectivity index (χ1n) is 9.69. The summed E-state index contributed by atoms with van der Waals surface area (Å²) in [4.78, 5) is 22.7. The monoisotopic (exact) mass is 376 g/mol. The molecule has 0 amide bonds. The normalized spacial score (nSPS) is 24.9. The van der Waals surface area contributed by atoms with Crippen molar-refractivity contribution in [1.82, 2.24) is 0 Å². The molecule has 1 aliphatic rings. The molecule has 1 saturated carbocycles. The predicted octanol–water partition coefficient (Wildman–Crippen LogP) is 3.58. The average Bonchev–Trinajstić information content (AvgIpc) is 2.89. The van der Waals surface area contributed by atoms with Crippen molar-refractivity contribution >= 4 is 11.8 Å². The summed E-state index contributed by atoms with van der Waals surface area (Å²) in [6, 6.07) is 0. The van der Waals surface area contributed by atoms with Gasteiger partial charge in [-0.05, 0) is 32.1 Å². The van der Waals surface area contributed by atoms with Gasteiger partial charge in [-0.1, -0.05) is 55.5 Å². The van der Waals surface area contributed by atoms with E-state index in [2.05, 4.69) is 31.2 Å². The lowest BCUT2D eigenvalue weighted by atomic mass is 9.89. The first-order valence-corrected chi connectivity index (χ1v) is 9.69. The van der Waals surface area contributed by atoms with E-state index in [1.807, 2.05) is 12.2 Å². The third-order valence-electron chi connectivity index (χ3n) is 4.62. The number of allylic oxidation sites excluding steroid dienone is 5. The Hall–Kier alpha value is -1.98. The van der Waals surface area contributed by atoms with Gasteiger partial charge in [-0.2, -0.15) is 0 Å². The Morgan fingerprint density at radius 1 is 1.15 bits per heavy atom. The zero-order valence-electron chi connectivity index (χ0n) is 16.0. The molecule has 0 aromatic rings. The maximum absolute atomic E-state index is 11.9. The second kappa shape index (κ2) is 13.2. The highest BCUT2D eigenvalue weighted by atomic mass is 16.4. The lowest BCUT2D eigenvalue weighted by molar-refractivity contribution is -0.137. The van der Waals surface area contributed by atoms with Crippen LogP contribution in [0, 0.1) is 11.8 Å². The van der Waals surface area contributed by atoms with Gasteiger partial charge in [-0.3, -0.25) is 9.59 Å². The van der Waals surface area contributed by atoms with Gasteiger partial charge in [0.1, 0.15) is 5.78 Å². The molecule has 0 aromatic heterocycles. The van der Waals surface area contributed by atoms with Crippen molar-refractivity contribution in [2.75, 3.05) is 0 Å². The number of aliphatic hydroxyl groups excluding tert-OH is 2. The molecule has 0 aromatic carbocycles. The summed E-state index contributed by atoms with van der Waals surface area (Å²) in [6.07, 6.45) is 17.5. The second-order valence-corrected chi connectivity index (χ2v) is 6.84. The number of carboxylic acids is 1. The average molecular weight is 376 g/mol. The summed E-state index contributed by atoms with van der Waals surface area (Å²) in [5, 5.41) is 28.9. The van der Waals surface area contributed by atoms with Gasteiger partial charge in [-0.15, -0.1) is 0 Å². The van der Waals surface area contributed by atoms with Gasteiger partial charge < -0.3 is 15.3 Å². The van der Waals surface area contributed by atoms with E-state index >= 15 is 0 Å². The van der Waals surface area contributed by atoms with Crippen LogP contribution in [0.2, 0.25) is 0 Å². The van der Waals surface area contributed by atoms with E-state index in [1.165, 1.54) is 0 Å². The number of rotatable bonds is 12. The van der Waals surface area contributed by atoms with Crippen molar-refractivity contribution in [3.63, 3.8) is 0 Å². The van der Waals surface area contributed by atoms with Gasteiger partial charge in [-0.25, -0.2) is 0 Å². The van der Waals surface area contributed by atoms with Gasteiger partial charge in [0.05, 0.1) is 12.2 Å². The highest BCUT2D eigenvalue weighted by molar-refractivity contribution is 5.85. The molecule has 27 heavy (non-hydrogen) atoms. The van der Waals surface area contributed by atoms with Crippen LogP contribution in [0.5, 0.6) is 0 Å². The SMILES string of the molecule is CC/C=C\C/C=C/C/C=C\C[C@H](O)/C=C/[C@H]1[C@H](CCC(=O)O)C(=O)C[C@@H]1O. The molecule has 4 atom stereocenters. The molecule has 0 spiro atoms. The quantitative estimate of drug-likeness (QED) is 0.453. The van der Waals surface area contributed by atoms with Gasteiger partial charge in [0.2, 0.25) is 0 Å². The summed E-state index contributed by atoms with van der Waals surface area (Å²) in [7, 11) is 0. The zero-order chi connectivity index (χ0) is 20.1. The standard InChI is InChI=1S/C22H32O5/c1-2-3-4-5-6-7-8-9-10-11-17(23)12-13-18-19(14-15-22(26)27)21(25)16-20(18)24/h3-4,6-7,9-10,12-13,17-20,23-24H,2,5,8,11,14-16H2,1H3,(H,26,27)/b4-3-,7-6+,10-9-,13-12+/t17-,18-,19-,20-/m0/s1. The van der Waals surface area contributed by atoms with Gasteiger partial charge in [0.25, 0.3) is 0 Å². The number of carbonyl (C=O) groups excluding carboxylic acids is 1. The minimum absolute atomic E-state index is 0.0507. The van der Waals surface area contributed by atoms with Crippen LogP contribution in [0.15, 0.2) is 48.6 Å². The van der Waals surface area contributed by atoms with Crippen LogP contribution in [-0.2, 0) is 9.59 Å². The molecule has 0 aliphatic heterocycles. The van der Waals surface area contributed by atoms with Crippen molar-refractivity contribution in [3.8, 4) is 0 Å². The number of Topliss-reactive ketones (excluding diaryl/α,β-unsaturated/α-hetero) is 1. The number of hydrogen-bond donors (Lipinski definition) is 3.